The maximum Gasteiger partial charge on any atom is 0.287 e. The van der Waals surface area contributed by atoms with Gasteiger partial charge in [0.05, 0.1) is 12.8 Å². The van der Waals surface area contributed by atoms with Crippen molar-refractivity contribution in [2.75, 3.05) is 32.7 Å². The number of amides is 1. The normalized spacial score (nSPS) is 15.9. The fourth-order valence-electron chi connectivity index (χ4n) is 3.79. The van der Waals surface area contributed by atoms with Crippen LogP contribution < -0.4 is 10.1 Å². The topological polar surface area (TPSA) is 70.8 Å². The fraction of sp³-hybridized carbons (Fsp3) is 0.360. The van der Waals surface area contributed by atoms with Crippen LogP contribution in [0.25, 0.3) is 0 Å². The van der Waals surface area contributed by atoms with Crippen LogP contribution in [0.3, 0.4) is 0 Å². The van der Waals surface area contributed by atoms with Crippen LogP contribution in [0.15, 0.2) is 71.6 Å². The lowest BCUT2D eigenvalue weighted by Crippen LogP contribution is -2.45. The Morgan fingerprint density at radius 2 is 1.75 bits per heavy atom. The van der Waals surface area contributed by atoms with Gasteiger partial charge in [-0.2, -0.15) is 0 Å². The third-order valence-corrected chi connectivity index (χ3v) is 5.56. The Hall–Kier alpha value is -3.16. The van der Waals surface area contributed by atoms with Gasteiger partial charge in [0.25, 0.3) is 5.91 Å². The zero-order valence-corrected chi connectivity index (χ0v) is 18.4. The van der Waals surface area contributed by atoms with E-state index in [0.717, 1.165) is 45.0 Å². The molecular formula is C25H30N4O3. The lowest BCUT2D eigenvalue weighted by molar-refractivity contribution is 0.0904. The summed E-state index contributed by atoms with van der Waals surface area (Å²) in [5.41, 5.74) is 2.54. The van der Waals surface area contributed by atoms with Crippen LogP contribution in [0.5, 0.6) is 5.75 Å². The van der Waals surface area contributed by atoms with Gasteiger partial charge in [0, 0.05) is 51.7 Å². The van der Waals surface area contributed by atoms with Gasteiger partial charge in [-0.1, -0.05) is 18.2 Å². The summed E-state index contributed by atoms with van der Waals surface area (Å²) >= 11 is 0. The van der Waals surface area contributed by atoms with Crippen molar-refractivity contribution in [2.24, 2.45) is 0 Å². The van der Waals surface area contributed by atoms with E-state index in [1.54, 1.807) is 12.1 Å². The molecule has 7 nitrogen and oxygen atoms in total. The molecule has 1 N–H and O–H groups in total. The summed E-state index contributed by atoms with van der Waals surface area (Å²) in [6.45, 7) is 8.50. The second-order valence-corrected chi connectivity index (χ2v) is 8.17. The highest BCUT2D eigenvalue weighted by molar-refractivity contribution is 5.91. The van der Waals surface area contributed by atoms with Crippen LogP contribution >= 0.6 is 0 Å². The summed E-state index contributed by atoms with van der Waals surface area (Å²) in [4.78, 5) is 21.1. The molecule has 3 heterocycles. The molecule has 1 amide bonds. The molecule has 32 heavy (non-hydrogen) atoms. The van der Waals surface area contributed by atoms with Crippen LogP contribution in [-0.2, 0) is 13.1 Å². The minimum atomic E-state index is -0.235. The summed E-state index contributed by atoms with van der Waals surface area (Å²) in [7, 11) is 0. The van der Waals surface area contributed by atoms with E-state index >= 15 is 0 Å². The van der Waals surface area contributed by atoms with Gasteiger partial charge in [-0.25, -0.2) is 0 Å². The first-order chi connectivity index (χ1) is 15.7. The molecule has 1 aliphatic heterocycles. The van der Waals surface area contributed by atoms with Crippen molar-refractivity contribution in [1.82, 2.24) is 20.1 Å². The lowest BCUT2D eigenvalue weighted by atomic mass is 10.2. The molecule has 0 bridgehead atoms. The molecule has 168 valence electrons. The van der Waals surface area contributed by atoms with Gasteiger partial charge in [0.2, 0.25) is 0 Å². The van der Waals surface area contributed by atoms with Crippen molar-refractivity contribution in [3.63, 3.8) is 0 Å². The largest absolute Gasteiger partial charge is 0.489 e. The third kappa shape index (κ3) is 6.42. The SMILES string of the molecule is C[C@@H](CNC(=O)c1ccco1)Oc1ccc(CN2CCN(Cc3cccnc3)CC2)cc1. The van der Waals surface area contributed by atoms with Gasteiger partial charge in [-0.15, -0.1) is 0 Å². The zero-order chi connectivity index (χ0) is 22.2. The zero-order valence-electron chi connectivity index (χ0n) is 18.4. The maximum absolute atomic E-state index is 11.9. The first kappa shape index (κ1) is 22.0. The van der Waals surface area contributed by atoms with Crippen molar-refractivity contribution in [2.45, 2.75) is 26.1 Å². The number of furan rings is 1. The third-order valence-electron chi connectivity index (χ3n) is 5.56. The van der Waals surface area contributed by atoms with Gasteiger partial charge < -0.3 is 14.5 Å². The highest BCUT2D eigenvalue weighted by Gasteiger charge is 2.17. The number of piperazine rings is 1. The van der Waals surface area contributed by atoms with E-state index in [0.29, 0.717) is 12.3 Å². The molecule has 1 saturated heterocycles. The van der Waals surface area contributed by atoms with E-state index in [9.17, 15) is 4.79 Å². The average Bonchev–Trinajstić information content (AvgIpc) is 3.36. The first-order valence-corrected chi connectivity index (χ1v) is 11.1. The number of rotatable bonds is 9. The molecule has 1 aromatic carbocycles. The molecule has 0 unspecified atom stereocenters. The second-order valence-electron chi connectivity index (χ2n) is 8.17. The quantitative estimate of drug-likeness (QED) is 0.558. The number of ether oxygens (including phenoxy) is 1. The van der Waals surface area contributed by atoms with Crippen molar-refractivity contribution < 1.29 is 13.9 Å². The lowest BCUT2D eigenvalue weighted by Gasteiger charge is -2.34. The Morgan fingerprint density at radius 3 is 2.38 bits per heavy atom. The first-order valence-electron chi connectivity index (χ1n) is 11.1. The number of benzene rings is 1. The number of hydrogen-bond acceptors (Lipinski definition) is 6. The van der Waals surface area contributed by atoms with Crippen LogP contribution in [0.4, 0.5) is 0 Å². The highest BCUT2D eigenvalue weighted by Crippen LogP contribution is 2.16. The van der Waals surface area contributed by atoms with Crippen molar-refractivity contribution in [1.29, 1.82) is 0 Å². The van der Waals surface area contributed by atoms with Gasteiger partial charge >= 0.3 is 0 Å². The average molecular weight is 435 g/mol. The Kier molecular flexibility index (Phi) is 7.53. The van der Waals surface area contributed by atoms with E-state index in [1.807, 2.05) is 37.5 Å². The standard InChI is InChI=1S/C25H30N4O3/c1-20(16-27-25(30)24-5-3-15-31-24)32-23-8-6-21(7-9-23)18-28-11-13-29(14-12-28)19-22-4-2-10-26-17-22/h2-10,15,17,20H,11-14,16,18-19H2,1H3,(H,27,30)/t20-/m0/s1. The Morgan fingerprint density at radius 1 is 1.03 bits per heavy atom. The molecular weight excluding hydrogens is 404 g/mol. The fourth-order valence-corrected chi connectivity index (χ4v) is 3.79. The smallest absolute Gasteiger partial charge is 0.287 e. The number of nitrogens with zero attached hydrogens (tertiary/aromatic N) is 3. The van der Waals surface area contributed by atoms with E-state index in [-0.39, 0.29) is 12.0 Å². The molecule has 1 aliphatic rings. The van der Waals surface area contributed by atoms with Crippen LogP contribution in [0.2, 0.25) is 0 Å². The number of hydrogen-bond donors (Lipinski definition) is 1. The molecule has 1 atom stereocenters. The summed E-state index contributed by atoms with van der Waals surface area (Å²) in [6, 6.07) is 15.7. The minimum Gasteiger partial charge on any atom is -0.489 e. The molecule has 7 heteroatoms. The van der Waals surface area contributed by atoms with Gasteiger partial charge in [-0.05, 0) is 48.4 Å². The summed E-state index contributed by atoms with van der Waals surface area (Å²) < 4.78 is 11.0. The monoisotopic (exact) mass is 434 g/mol. The molecule has 0 saturated carbocycles. The van der Waals surface area contributed by atoms with E-state index in [2.05, 4.69) is 38.3 Å². The highest BCUT2D eigenvalue weighted by atomic mass is 16.5. The Balaban J connectivity index is 1.17. The van der Waals surface area contributed by atoms with Crippen LogP contribution in [-0.4, -0.2) is 59.5 Å². The molecule has 3 aromatic rings. The molecule has 2 aromatic heterocycles. The van der Waals surface area contributed by atoms with Crippen molar-refractivity contribution >= 4 is 5.91 Å². The van der Waals surface area contributed by atoms with Crippen LogP contribution in [0, 0.1) is 0 Å². The molecule has 4 rings (SSSR count). The van der Waals surface area contributed by atoms with Gasteiger partial charge in [0.1, 0.15) is 11.9 Å². The summed E-state index contributed by atoms with van der Waals surface area (Å²) in [5, 5.41) is 2.82. The summed E-state index contributed by atoms with van der Waals surface area (Å²) in [6.07, 6.45) is 5.11. The predicted octanol–water partition coefficient (Wildman–Crippen LogP) is 3.19. The van der Waals surface area contributed by atoms with E-state index < -0.39 is 0 Å². The Labute approximate surface area is 189 Å². The number of nitrogens with one attached hydrogen (secondary N) is 1. The van der Waals surface area contributed by atoms with Crippen molar-refractivity contribution in [3.05, 3.63) is 84.1 Å². The molecule has 0 spiro atoms. The number of carbonyl (C=O) groups is 1. The van der Waals surface area contributed by atoms with Crippen LogP contribution in [0.1, 0.15) is 28.6 Å². The molecule has 0 aliphatic carbocycles. The maximum atomic E-state index is 11.9. The molecule has 0 radical (unpaired) electrons. The summed E-state index contributed by atoms with van der Waals surface area (Å²) in [5.74, 6) is 0.871. The van der Waals surface area contributed by atoms with Crippen molar-refractivity contribution in [3.8, 4) is 5.75 Å². The van der Waals surface area contributed by atoms with Gasteiger partial charge in [-0.3, -0.25) is 19.6 Å². The molecule has 1 fully saturated rings. The number of aromatic nitrogens is 1. The van der Waals surface area contributed by atoms with Gasteiger partial charge in [0.15, 0.2) is 5.76 Å². The predicted molar refractivity (Wildman–Crippen MR) is 122 cm³/mol. The number of carbonyl (C=O) groups excluding carboxylic acids is 1. The Bertz CT molecular complexity index is 953. The minimum absolute atomic E-state index is 0.146. The van der Waals surface area contributed by atoms with E-state index in [1.165, 1.54) is 17.4 Å². The van der Waals surface area contributed by atoms with E-state index in [4.69, 9.17) is 9.15 Å². The second kappa shape index (κ2) is 10.9. The number of pyridine rings is 1.